The summed E-state index contributed by atoms with van der Waals surface area (Å²) >= 11 is 0. The largest absolute Gasteiger partial charge is 1.00 e. The van der Waals surface area contributed by atoms with Crippen molar-refractivity contribution in [2.45, 2.75) is 0 Å². The minimum atomic E-state index is 0. The molecule has 0 aromatic rings. The molecule has 0 saturated carbocycles. The summed E-state index contributed by atoms with van der Waals surface area (Å²) in [7, 11) is 0. The van der Waals surface area contributed by atoms with Crippen LogP contribution in [0.5, 0.6) is 0 Å². The van der Waals surface area contributed by atoms with E-state index in [1.54, 1.807) is 0 Å². The standard InChI is InChI=1S/2K.2H3P.2H/h;;2*1H3;;/q2*+1;;;2*-1. The second-order valence-corrected chi connectivity index (χ2v) is 0. The first-order valence-electron chi connectivity index (χ1n) is 0. The van der Waals surface area contributed by atoms with Gasteiger partial charge in [0.2, 0.25) is 0 Å². The van der Waals surface area contributed by atoms with Crippen molar-refractivity contribution in [2.75, 3.05) is 0 Å². The number of hydrogen-bond acceptors (Lipinski definition) is 0. The minimum Gasteiger partial charge on any atom is -1.00 e. The topological polar surface area (TPSA) is 0 Å². The maximum absolute atomic E-state index is 0. The first-order chi connectivity index (χ1) is 0. The van der Waals surface area contributed by atoms with Crippen LogP contribution in [0.3, 0.4) is 0 Å². The summed E-state index contributed by atoms with van der Waals surface area (Å²) in [4.78, 5) is 0. The molecule has 0 N–H and O–H groups in total. The predicted octanol–water partition coefficient (Wildman–Crippen LogP) is -5.65. The molecule has 0 rings (SSSR count). The molecule has 2 unspecified atom stereocenters. The van der Waals surface area contributed by atoms with E-state index in [1.807, 2.05) is 0 Å². The quantitative estimate of drug-likeness (QED) is 0.237. The van der Waals surface area contributed by atoms with E-state index in [0.717, 1.165) is 0 Å². The Labute approximate surface area is 122 Å². The van der Waals surface area contributed by atoms with E-state index < -0.39 is 0 Å². The van der Waals surface area contributed by atoms with E-state index in [2.05, 4.69) is 0 Å². The average molecular weight is 148 g/mol. The summed E-state index contributed by atoms with van der Waals surface area (Å²) in [5, 5.41) is 0. The minimum absolute atomic E-state index is 0. The van der Waals surface area contributed by atoms with E-state index in [1.165, 1.54) is 0 Å². The molecule has 0 aliphatic carbocycles. The molecule has 0 radical (unpaired) electrons. The zero-order chi connectivity index (χ0) is 0. The summed E-state index contributed by atoms with van der Waals surface area (Å²) < 4.78 is 0. The van der Waals surface area contributed by atoms with E-state index in [9.17, 15) is 0 Å². The van der Waals surface area contributed by atoms with Gasteiger partial charge in [-0.05, 0) is 0 Å². The molecule has 0 fully saturated rings. The normalized spacial score (nSPS) is 0. The van der Waals surface area contributed by atoms with E-state index in [4.69, 9.17) is 0 Å². The molecule has 0 saturated heterocycles. The third-order valence-corrected chi connectivity index (χ3v) is 0. The number of hydrogen-bond donors (Lipinski definition) is 0. The summed E-state index contributed by atoms with van der Waals surface area (Å²) in [6, 6.07) is 0. The zero-order valence-electron chi connectivity index (χ0n) is 5.41. The molecule has 4 heteroatoms. The SMILES string of the molecule is P.P.[H-].[H-].[K+].[K+]. The van der Waals surface area contributed by atoms with Gasteiger partial charge in [0.15, 0.2) is 0 Å². The van der Waals surface area contributed by atoms with Gasteiger partial charge < -0.3 is 2.85 Å². The van der Waals surface area contributed by atoms with Gasteiger partial charge in [0.25, 0.3) is 0 Å². The average Bonchev–Trinajstić information content (AvgIpc) is 0. The van der Waals surface area contributed by atoms with Gasteiger partial charge in [0.05, 0.1) is 0 Å². The molecular weight excluding hydrogens is 140 g/mol. The smallest absolute Gasteiger partial charge is 1.00 e. The Hall–Kier alpha value is 4.13. The van der Waals surface area contributed by atoms with Crippen LogP contribution in [0, 0.1) is 0 Å². The molecule has 0 aliphatic heterocycles. The molecule has 20 valence electrons. The van der Waals surface area contributed by atoms with E-state index in [0.29, 0.717) is 0 Å². The van der Waals surface area contributed by atoms with Crippen molar-refractivity contribution in [2.24, 2.45) is 0 Å². The molecule has 2 atom stereocenters. The van der Waals surface area contributed by atoms with Crippen LogP contribution in [0.2, 0.25) is 0 Å². The monoisotopic (exact) mass is 148 g/mol. The maximum atomic E-state index is 0. The van der Waals surface area contributed by atoms with Crippen LogP contribution in [0.4, 0.5) is 0 Å². The van der Waals surface area contributed by atoms with Gasteiger partial charge in [-0.1, -0.05) is 0 Å². The van der Waals surface area contributed by atoms with Crippen LogP contribution in [-0.4, -0.2) is 0 Å². The zero-order valence-corrected chi connectivity index (χ0v) is 12.5. The van der Waals surface area contributed by atoms with Crippen molar-refractivity contribution in [3.05, 3.63) is 0 Å². The fourth-order valence-corrected chi connectivity index (χ4v) is 0. The third-order valence-electron chi connectivity index (χ3n) is 0. The van der Waals surface area contributed by atoms with Crippen LogP contribution in [0.1, 0.15) is 2.85 Å². The summed E-state index contributed by atoms with van der Waals surface area (Å²) in [5.74, 6) is 0. The first-order valence-corrected chi connectivity index (χ1v) is 0. The van der Waals surface area contributed by atoms with Gasteiger partial charge >= 0.3 is 103 Å². The molecule has 0 nitrogen and oxygen atoms in total. The molecule has 0 spiro atoms. The summed E-state index contributed by atoms with van der Waals surface area (Å²) in [5.41, 5.74) is 0. The van der Waals surface area contributed by atoms with Crippen molar-refractivity contribution in [1.82, 2.24) is 0 Å². The van der Waals surface area contributed by atoms with Gasteiger partial charge in [-0.25, -0.2) is 0 Å². The Balaban J connectivity index is 0. The van der Waals surface area contributed by atoms with Crippen LogP contribution in [0.25, 0.3) is 0 Å². The molecule has 0 aromatic heterocycles. The van der Waals surface area contributed by atoms with Gasteiger partial charge in [-0.2, -0.15) is 19.8 Å². The van der Waals surface area contributed by atoms with Crippen LogP contribution >= 0.6 is 19.8 Å². The summed E-state index contributed by atoms with van der Waals surface area (Å²) in [6.07, 6.45) is 0. The van der Waals surface area contributed by atoms with Crippen molar-refractivity contribution in [3.63, 3.8) is 0 Å². The second-order valence-electron chi connectivity index (χ2n) is 0. The molecule has 0 amide bonds. The Morgan fingerprint density at radius 1 is 0.750 bits per heavy atom. The first kappa shape index (κ1) is 24.2. The van der Waals surface area contributed by atoms with Crippen LogP contribution < -0.4 is 103 Å². The maximum Gasteiger partial charge on any atom is 1.00 e. The van der Waals surface area contributed by atoms with Crippen LogP contribution in [0.15, 0.2) is 0 Å². The Kier molecular flexibility index (Phi) is 95.1. The predicted molar refractivity (Wildman–Crippen MR) is 24.4 cm³/mol. The van der Waals surface area contributed by atoms with E-state index >= 15 is 0 Å². The summed E-state index contributed by atoms with van der Waals surface area (Å²) in [6.45, 7) is 0. The van der Waals surface area contributed by atoms with Crippen molar-refractivity contribution in [3.8, 4) is 0 Å². The van der Waals surface area contributed by atoms with Gasteiger partial charge in [0, 0.05) is 0 Å². The number of rotatable bonds is 0. The molecule has 0 bridgehead atoms. The molecular formula is H8K2P2. The van der Waals surface area contributed by atoms with Gasteiger partial charge in [-0.3, -0.25) is 0 Å². The fourth-order valence-electron chi connectivity index (χ4n) is 0. The van der Waals surface area contributed by atoms with Gasteiger partial charge in [0.1, 0.15) is 0 Å². The molecule has 0 heterocycles. The van der Waals surface area contributed by atoms with Crippen LogP contribution in [-0.2, 0) is 0 Å². The third kappa shape index (κ3) is 9.46. The fraction of sp³-hybridized carbons (Fsp3) is 0. The van der Waals surface area contributed by atoms with Crippen molar-refractivity contribution in [1.29, 1.82) is 0 Å². The van der Waals surface area contributed by atoms with E-state index in [-0.39, 0.29) is 125 Å². The molecule has 4 heavy (non-hydrogen) atoms. The Bertz CT molecular complexity index is 9.51. The Morgan fingerprint density at radius 2 is 0.750 bits per heavy atom. The van der Waals surface area contributed by atoms with Crippen molar-refractivity contribution >= 4 is 19.8 Å². The molecule has 0 aliphatic rings. The van der Waals surface area contributed by atoms with Gasteiger partial charge in [-0.15, -0.1) is 0 Å². The second kappa shape index (κ2) is 15.7. The Morgan fingerprint density at radius 3 is 0.750 bits per heavy atom. The molecule has 0 aromatic carbocycles. The van der Waals surface area contributed by atoms with Crippen molar-refractivity contribution < 1.29 is 106 Å².